The summed E-state index contributed by atoms with van der Waals surface area (Å²) in [6.07, 6.45) is 2.90. The average Bonchev–Trinajstić information content (AvgIpc) is 2.75. The van der Waals surface area contributed by atoms with Crippen molar-refractivity contribution < 1.29 is 9.84 Å². The van der Waals surface area contributed by atoms with Crippen LogP contribution in [0.3, 0.4) is 0 Å². The second-order valence-electron chi connectivity index (χ2n) is 6.52. The first-order valence-corrected chi connectivity index (χ1v) is 9.50. The monoisotopic (exact) mass is 361 g/mol. The largest absolute Gasteiger partial charge is 0.497 e. The lowest BCUT2D eigenvalue weighted by molar-refractivity contribution is 0.283. The van der Waals surface area contributed by atoms with Crippen molar-refractivity contribution in [2.75, 3.05) is 25.2 Å². The Balaban J connectivity index is 1.96. The Morgan fingerprint density at radius 3 is 2.19 bits per heavy atom. The standard InChI is InChI=1S/C24H27NO2/c1-27-22-16-14-20(15-17-22)23-12-6-7-13-24(23)25(18-8-3-9-19-26)21-10-4-2-5-11-21/h2,4-7,10-17,26H,3,8-9,18-19H2,1H3. The Morgan fingerprint density at radius 1 is 0.778 bits per heavy atom. The average molecular weight is 361 g/mol. The van der Waals surface area contributed by atoms with Gasteiger partial charge in [0.1, 0.15) is 5.75 Å². The van der Waals surface area contributed by atoms with Crippen LogP contribution in [0.25, 0.3) is 11.1 Å². The van der Waals surface area contributed by atoms with Gasteiger partial charge in [0.05, 0.1) is 7.11 Å². The van der Waals surface area contributed by atoms with Crippen LogP contribution < -0.4 is 9.64 Å². The van der Waals surface area contributed by atoms with Crippen molar-refractivity contribution in [3.8, 4) is 16.9 Å². The fourth-order valence-corrected chi connectivity index (χ4v) is 3.28. The Kier molecular flexibility index (Phi) is 6.89. The minimum Gasteiger partial charge on any atom is -0.497 e. The van der Waals surface area contributed by atoms with Gasteiger partial charge in [0.25, 0.3) is 0 Å². The smallest absolute Gasteiger partial charge is 0.118 e. The number of aliphatic hydroxyl groups is 1. The molecule has 27 heavy (non-hydrogen) atoms. The number of para-hydroxylation sites is 2. The van der Waals surface area contributed by atoms with E-state index < -0.39 is 0 Å². The molecule has 3 rings (SSSR count). The number of anilines is 2. The van der Waals surface area contributed by atoms with E-state index >= 15 is 0 Å². The third-order valence-corrected chi connectivity index (χ3v) is 4.70. The van der Waals surface area contributed by atoms with Crippen LogP contribution in [0.5, 0.6) is 5.75 Å². The summed E-state index contributed by atoms with van der Waals surface area (Å²) in [7, 11) is 1.69. The van der Waals surface area contributed by atoms with E-state index in [1.807, 2.05) is 18.2 Å². The van der Waals surface area contributed by atoms with Gasteiger partial charge in [-0.05, 0) is 55.2 Å². The third kappa shape index (κ3) is 4.89. The van der Waals surface area contributed by atoms with E-state index in [0.717, 1.165) is 31.6 Å². The van der Waals surface area contributed by atoms with Gasteiger partial charge < -0.3 is 14.7 Å². The SMILES string of the molecule is COc1ccc(-c2ccccc2N(CCCCCO)c2ccccc2)cc1. The highest BCUT2D eigenvalue weighted by Gasteiger charge is 2.14. The van der Waals surface area contributed by atoms with Crippen molar-refractivity contribution in [3.63, 3.8) is 0 Å². The molecule has 0 aromatic heterocycles. The topological polar surface area (TPSA) is 32.7 Å². The molecule has 0 saturated carbocycles. The van der Waals surface area contributed by atoms with Crippen molar-refractivity contribution in [1.82, 2.24) is 0 Å². The van der Waals surface area contributed by atoms with Crippen molar-refractivity contribution in [2.24, 2.45) is 0 Å². The van der Waals surface area contributed by atoms with Gasteiger partial charge in [-0.2, -0.15) is 0 Å². The first-order valence-electron chi connectivity index (χ1n) is 9.50. The molecule has 0 atom stereocenters. The van der Waals surface area contributed by atoms with E-state index in [4.69, 9.17) is 9.84 Å². The molecule has 0 amide bonds. The first-order chi connectivity index (χ1) is 13.3. The fourth-order valence-electron chi connectivity index (χ4n) is 3.28. The van der Waals surface area contributed by atoms with Crippen LogP contribution >= 0.6 is 0 Å². The summed E-state index contributed by atoms with van der Waals surface area (Å²) in [5.41, 5.74) is 4.74. The van der Waals surface area contributed by atoms with Crippen LogP contribution in [0.15, 0.2) is 78.9 Å². The van der Waals surface area contributed by atoms with E-state index in [0.29, 0.717) is 0 Å². The molecule has 0 radical (unpaired) electrons. The molecule has 0 bridgehead atoms. The maximum Gasteiger partial charge on any atom is 0.118 e. The Hall–Kier alpha value is -2.78. The molecule has 3 aromatic carbocycles. The number of rotatable bonds is 9. The molecule has 0 aliphatic heterocycles. The van der Waals surface area contributed by atoms with Crippen molar-refractivity contribution in [3.05, 3.63) is 78.9 Å². The zero-order chi connectivity index (χ0) is 18.9. The van der Waals surface area contributed by atoms with Crippen LogP contribution in [0.4, 0.5) is 11.4 Å². The summed E-state index contributed by atoms with van der Waals surface area (Å²) >= 11 is 0. The van der Waals surface area contributed by atoms with Crippen molar-refractivity contribution in [1.29, 1.82) is 0 Å². The highest BCUT2D eigenvalue weighted by molar-refractivity contribution is 5.82. The highest BCUT2D eigenvalue weighted by Crippen LogP contribution is 2.36. The molecule has 0 aliphatic rings. The predicted octanol–water partition coefficient (Wildman–Crippen LogP) is 5.66. The molecule has 140 valence electrons. The van der Waals surface area contributed by atoms with Crippen LogP contribution in [-0.2, 0) is 0 Å². The number of ether oxygens (including phenoxy) is 1. The molecule has 0 unspecified atom stereocenters. The molecular weight excluding hydrogens is 334 g/mol. The lowest BCUT2D eigenvalue weighted by Crippen LogP contribution is -2.19. The van der Waals surface area contributed by atoms with Crippen LogP contribution in [-0.4, -0.2) is 25.4 Å². The van der Waals surface area contributed by atoms with E-state index in [2.05, 4.69) is 65.6 Å². The number of hydrogen-bond donors (Lipinski definition) is 1. The number of aliphatic hydroxyl groups excluding tert-OH is 1. The fraction of sp³-hybridized carbons (Fsp3) is 0.250. The molecule has 0 aliphatic carbocycles. The molecule has 0 saturated heterocycles. The van der Waals surface area contributed by atoms with Gasteiger partial charge in [-0.1, -0.05) is 48.5 Å². The second kappa shape index (κ2) is 9.79. The van der Waals surface area contributed by atoms with Gasteiger partial charge in [-0.25, -0.2) is 0 Å². The zero-order valence-corrected chi connectivity index (χ0v) is 15.8. The summed E-state index contributed by atoms with van der Waals surface area (Å²) < 4.78 is 5.30. The molecular formula is C24H27NO2. The summed E-state index contributed by atoms with van der Waals surface area (Å²) in [6, 6.07) is 27.2. The van der Waals surface area contributed by atoms with Crippen LogP contribution in [0.1, 0.15) is 19.3 Å². The van der Waals surface area contributed by atoms with E-state index in [-0.39, 0.29) is 6.61 Å². The lowest BCUT2D eigenvalue weighted by Gasteiger charge is -2.27. The predicted molar refractivity (Wildman–Crippen MR) is 113 cm³/mol. The first kappa shape index (κ1) is 19.0. The molecule has 3 heteroatoms. The maximum absolute atomic E-state index is 9.08. The highest BCUT2D eigenvalue weighted by atomic mass is 16.5. The van der Waals surface area contributed by atoms with E-state index in [1.54, 1.807) is 7.11 Å². The molecule has 0 fully saturated rings. The molecule has 3 nitrogen and oxygen atoms in total. The van der Waals surface area contributed by atoms with E-state index in [1.165, 1.54) is 22.5 Å². The molecule has 0 heterocycles. The van der Waals surface area contributed by atoms with Gasteiger partial charge in [-0.15, -0.1) is 0 Å². The zero-order valence-electron chi connectivity index (χ0n) is 15.8. The van der Waals surface area contributed by atoms with Crippen molar-refractivity contribution >= 4 is 11.4 Å². The van der Waals surface area contributed by atoms with Gasteiger partial charge >= 0.3 is 0 Å². The second-order valence-corrected chi connectivity index (χ2v) is 6.52. The van der Waals surface area contributed by atoms with Gasteiger partial charge in [-0.3, -0.25) is 0 Å². The van der Waals surface area contributed by atoms with Gasteiger partial charge in [0.15, 0.2) is 0 Å². The minimum absolute atomic E-state index is 0.258. The summed E-state index contributed by atoms with van der Waals surface area (Å²) in [5, 5.41) is 9.08. The number of benzene rings is 3. The molecule has 0 spiro atoms. The van der Waals surface area contributed by atoms with Gasteiger partial charge in [0, 0.05) is 30.1 Å². The Bertz CT molecular complexity index is 815. The number of nitrogens with zero attached hydrogens (tertiary/aromatic N) is 1. The summed E-state index contributed by atoms with van der Waals surface area (Å²) in [4.78, 5) is 2.37. The molecule has 3 aromatic rings. The number of unbranched alkanes of at least 4 members (excludes halogenated alkanes) is 2. The number of methoxy groups -OCH3 is 1. The van der Waals surface area contributed by atoms with E-state index in [9.17, 15) is 0 Å². The maximum atomic E-state index is 9.08. The van der Waals surface area contributed by atoms with Gasteiger partial charge in [0.2, 0.25) is 0 Å². The third-order valence-electron chi connectivity index (χ3n) is 4.70. The molecule has 1 N–H and O–H groups in total. The number of hydrogen-bond acceptors (Lipinski definition) is 3. The summed E-state index contributed by atoms with van der Waals surface area (Å²) in [6.45, 7) is 1.17. The Labute approximate surface area is 161 Å². The normalized spacial score (nSPS) is 10.6. The summed E-state index contributed by atoms with van der Waals surface area (Å²) in [5.74, 6) is 0.861. The quantitative estimate of drug-likeness (QED) is 0.499. The van der Waals surface area contributed by atoms with Crippen molar-refractivity contribution in [2.45, 2.75) is 19.3 Å². The van der Waals surface area contributed by atoms with Crippen LogP contribution in [0, 0.1) is 0 Å². The lowest BCUT2D eigenvalue weighted by atomic mass is 10.0. The Morgan fingerprint density at radius 2 is 1.48 bits per heavy atom. The minimum atomic E-state index is 0.258. The van der Waals surface area contributed by atoms with Crippen LogP contribution in [0.2, 0.25) is 0 Å².